The summed E-state index contributed by atoms with van der Waals surface area (Å²) in [6.07, 6.45) is -3.21. The molecule has 0 radical (unpaired) electrons. The van der Waals surface area contributed by atoms with Gasteiger partial charge in [-0.25, -0.2) is 4.98 Å². The van der Waals surface area contributed by atoms with Crippen LogP contribution in [-0.2, 0) is 4.79 Å². The van der Waals surface area contributed by atoms with E-state index >= 15 is 0 Å². The van der Waals surface area contributed by atoms with Crippen molar-refractivity contribution in [1.82, 2.24) is 10.3 Å². The monoisotopic (exact) mass is 373 g/mol. The Labute approximate surface area is 145 Å². The molecule has 0 bridgehead atoms. The third kappa shape index (κ3) is 6.79. The molecule has 10 heteroatoms. The standard InChI is InChI=1S/C15H14F3N3O3S/c16-15(17,18)9-24-13-2-1-11(7-20-13)21-12(22)3-5-19-14(23)10-4-6-25-8-10/h1-2,4,6-8H,3,5,9H2,(H,19,23)(H,21,22). The summed E-state index contributed by atoms with van der Waals surface area (Å²) in [5.41, 5.74) is 0.845. The summed E-state index contributed by atoms with van der Waals surface area (Å²) in [4.78, 5) is 27.1. The molecule has 0 unspecified atom stereocenters. The van der Waals surface area contributed by atoms with Crippen LogP contribution in [0.4, 0.5) is 18.9 Å². The molecule has 2 aromatic heterocycles. The molecule has 6 nitrogen and oxygen atoms in total. The maximum Gasteiger partial charge on any atom is 0.422 e. The van der Waals surface area contributed by atoms with Gasteiger partial charge in [-0.15, -0.1) is 0 Å². The lowest BCUT2D eigenvalue weighted by atomic mass is 10.3. The van der Waals surface area contributed by atoms with Gasteiger partial charge in [-0.1, -0.05) is 0 Å². The number of pyridine rings is 1. The Hall–Kier alpha value is -2.62. The fraction of sp³-hybridized carbons (Fsp3) is 0.267. The van der Waals surface area contributed by atoms with E-state index in [1.165, 1.54) is 29.7 Å². The highest BCUT2D eigenvalue weighted by molar-refractivity contribution is 7.08. The molecular formula is C15H14F3N3O3S. The lowest BCUT2D eigenvalue weighted by molar-refractivity contribution is -0.154. The topological polar surface area (TPSA) is 80.3 Å². The maximum absolute atomic E-state index is 12.0. The molecule has 0 saturated heterocycles. The number of ether oxygens (including phenoxy) is 1. The zero-order valence-electron chi connectivity index (χ0n) is 12.8. The Balaban J connectivity index is 1.72. The van der Waals surface area contributed by atoms with Crippen LogP contribution in [0.2, 0.25) is 0 Å². The lowest BCUT2D eigenvalue weighted by Gasteiger charge is -2.09. The Bertz CT molecular complexity index is 703. The van der Waals surface area contributed by atoms with E-state index in [9.17, 15) is 22.8 Å². The first kappa shape index (κ1) is 18.7. The molecule has 0 aliphatic heterocycles. The third-order valence-electron chi connectivity index (χ3n) is 2.82. The number of alkyl halides is 3. The van der Waals surface area contributed by atoms with E-state index in [-0.39, 0.29) is 30.7 Å². The highest BCUT2D eigenvalue weighted by Crippen LogP contribution is 2.18. The van der Waals surface area contributed by atoms with Crippen molar-refractivity contribution in [3.05, 3.63) is 40.7 Å². The van der Waals surface area contributed by atoms with E-state index in [1.54, 1.807) is 16.8 Å². The number of amides is 2. The molecule has 0 spiro atoms. The molecule has 2 amide bonds. The largest absolute Gasteiger partial charge is 0.468 e. The van der Waals surface area contributed by atoms with Gasteiger partial charge in [-0.05, 0) is 17.5 Å². The van der Waals surface area contributed by atoms with Crippen LogP contribution in [0.15, 0.2) is 35.2 Å². The Kier molecular flexibility index (Phi) is 6.34. The van der Waals surface area contributed by atoms with Gasteiger partial charge in [0.15, 0.2) is 6.61 Å². The number of thiophene rings is 1. The molecule has 0 aliphatic rings. The molecule has 0 aliphatic carbocycles. The fourth-order valence-corrected chi connectivity index (χ4v) is 2.34. The number of nitrogens with one attached hydrogen (secondary N) is 2. The average molecular weight is 373 g/mol. The molecule has 0 atom stereocenters. The highest BCUT2D eigenvalue weighted by Gasteiger charge is 2.28. The average Bonchev–Trinajstić information content (AvgIpc) is 3.08. The first-order valence-corrected chi connectivity index (χ1v) is 8.03. The summed E-state index contributed by atoms with van der Waals surface area (Å²) in [6, 6.07) is 4.27. The Morgan fingerprint density at radius 3 is 2.64 bits per heavy atom. The van der Waals surface area contributed by atoms with Crippen molar-refractivity contribution in [3.8, 4) is 5.88 Å². The Morgan fingerprint density at radius 1 is 1.24 bits per heavy atom. The number of carbonyl (C=O) groups is 2. The van der Waals surface area contributed by atoms with Gasteiger partial charge < -0.3 is 15.4 Å². The number of halogens is 3. The van der Waals surface area contributed by atoms with E-state index < -0.39 is 12.8 Å². The van der Waals surface area contributed by atoms with Gasteiger partial charge in [0.1, 0.15) is 0 Å². The van der Waals surface area contributed by atoms with E-state index in [4.69, 9.17) is 0 Å². The van der Waals surface area contributed by atoms with Crippen molar-refractivity contribution < 1.29 is 27.5 Å². The second kappa shape index (κ2) is 8.47. The first-order valence-electron chi connectivity index (χ1n) is 7.09. The van der Waals surface area contributed by atoms with E-state index in [0.29, 0.717) is 11.3 Å². The summed E-state index contributed by atoms with van der Waals surface area (Å²) >= 11 is 1.40. The van der Waals surface area contributed by atoms with Crippen molar-refractivity contribution in [2.24, 2.45) is 0 Å². The number of carbonyl (C=O) groups excluding carboxylic acids is 2. The van der Waals surface area contributed by atoms with Crippen molar-refractivity contribution in [2.75, 3.05) is 18.5 Å². The van der Waals surface area contributed by atoms with Crippen LogP contribution in [0.25, 0.3) is 0 Å². The van der Waals surface area contributed by atoms with Crippen LogP contribution in [0, 0.1) is 0 Å². The second-order valence-corrected chi connectivity index (χ2v) is 5.64. The predicted octanol–water partition coefficient (Wildman–Crippen LogP) is 2.84. The van der Waals surface area contributed by atoms with Crippen LogP contribution in [0.3, 0.4) is 0 Å². The smallest absolute Gasteiger partial charge is 0.422 e. The molecular weight excluding hydrogens is 359 g/mol. The van der Waals surface area contributed by atoms with Gasteiger partial charge in [0.25, 0.3) is 5.91 Å². The minimum absolute atomic E-state index is 0.0439. The van der Waals surface area contributed by atoms with E-state index in [2.05, 4.69) is 20.4 Å². The number of hydrogen-bond acceptors (Lipinski definition) is 5. The van der Waals surface area contributed by atoms with Crippen LogP contribution in [0.1, 0.15) is 16.8 Å². The van der Waals surface area contributed by atoms with Gasteiger partial charge in [0.05, 0.1) is 11.9 Å². The molecule has 0 fully saturated rings. The van der Waals surface area contributed by atoms with E-state index in [1.807, 2.05) is 0 Å². The number of anilines is 1. The fourth-order valence-electron chi connectivity index (χ4n) is 1.70. The van der Waals surface area contributed by atoms with Crippen molar-refractivity contribution in [1.29, 1.82) is 0 Å². The summed E-state index contributed by atoms with van der Waals surface area (Å²) < 4.78 is 40.5. The van der Waals surface area contributed by atoms with Crippen LogP contribution in [0.5, 0.6) is 5.88 Å². The summed E-state index contributed by atoms with van der Waals surface area (Å²) in [5, 5.41) is 8.60. The SMILES string of the molecule is O=C(CCNC(=O)c1ccsc1)Nc1ccc(OCC(F)(F)F)nc1. The summed E-state index contributed by atoms with van der Waals surface area (Å²) in [5.74, 6) is -0.823. The van der Waals surface area contributed by atoms with Crippen LogP contribution >= 0.6 is 11.3 Å². The maximum atomic E-state index is 12.0. The lowest BCUT2D eigenvalue weighted by Crippen LogP contribution is -2.27. The molecule has 134 valence electrons. The zero-order valence-corrected chi connectivity index (χ0v) is 13.6. The molecule has 2 aromatic rings. The first-order chi connectivity index (χ1) is 11.8. The second-order valence-electron chi connectivity index (χ2n) is 4.86. The minimum Gasteiger partial charge on any atom is -0.468 e. The highest BCUT2D eigenvalue weighted by atomic mass is 32.1. The predicted molar refractivity (Wildman–Crippen MR) is 85.7 cm³/mol. The normalized spacial score (nSPS) is 11.0. The molecule has 2 N–H and O–H groups in total. The molecule has 25 heavy (non-hydrogen) atoms. The molecule has 0 aromatic carbocycles. The van der Waals surface area contributed by atoms with Gasteiger partial charge in [-0.2, -0.15) is 24.5 Å². The quantitative estimate of drug-likeness (QED) is 0.782. The molecule has 2 heterocycles. The minimum atomic E-state index is -4.44. The van der Waals surface area contributed by atoms with Crippen LogP contribution in [-0.4, -0.2) is 36.1 Å². The number of rotatable bonds is 7. The third-order valence-corrected chi connectivity index (χ3v) is 3.51. The van der Waals surface area contributed by atoms with Gasteiger partial charge in [-0.3, -0.25) is 9.59 Å². The molecule has 2 rings (SSSR count). The summed E-state index contributed by atoms with van der Waals surface area (Å²) in [7, 11) is 0. The Morgan fingerprint density at radius 2 is 2.04 bits per heavy atom. The summed E-state index contributed by atoms with van der Waals surface area (Å²) in [6.45, 7) is -1.28. The van der Waals surface area contributed by atoms with E-state index in [0.717, 1.165) is 0 Å². The van der Waals surface area contributed by atoms with Gasteiger partial charge in [0.2, 0.25) is 11.8 Å². The molecule has 0 saturated carbocycles. The van der Waals surface area contributed by atoms with Crippen molar-refractivity contribution >= 4 is 28.8 Å². The van der Waals surface area contributed by atoms with Gasteiger partial charge >= 0.3 is 6.18 Å². The number of hydrogen-bond donors (Lipinski definition) is 2. The van der Waals surface area contributed by atoms with Crippen molar-refractivity contribution in [3.63, 3.8) is 0 Å². The zero-order chi connectivity index (χ0) is 18.3. The van der Waals surface area contributed by atoms with Gasteiger partial charge in [0, 0.05) is 30.0 Å². The number of nitrogens with zero attached hydrogens (tertiary/aromatic N) is 1. The van der Waals surface area contributed by atoms with Crippen molar-refractivity contribution in [2.45, 2.75) is 12.6 Å². The van der Waals surface area contributed by atoms with Crippen LogP contribution < -0.4 is 15.4 Å². The number of aromatic nitrogens is 1.